The normalized spacial score (nSPS) is 19.7. The molecule has 28 heavy (non-hydrogen) atoms. The summed E-state index contributed by atoms with van der Waals surface area (Å²) in [5, 5.41) is 11.7. The van der Waals surface area contributed by atoms with Gasteiger partial charge < -0.3 is 14.4 Å². The lowest BCUT2D eigenvalue weighted by Gasteiger charge is -2.31. The molecule has 7 heteroatoms. The van der Waals surface area contributed by atoms with Gasteiger partial charge in [-0.3, -0.25) is 9.59 Å². The molecule has 2 aromatic heterocycles. The summed E-state index contributed by atoms with van der Waals surface area (Å²) in [4.78, 5) is 41.0. The summed E-state index contributed by atoms with van der Waals surface area (Å²) in [5.41, 5.74) is 1.67. The monoisotopic (exact) mass is 376 g/mol. The van der Waals surface area contributed by atoms with Gasteiger partial charge in [-0.05, 0) is 24.6 Å². The van der Waals surface area contributed by atoms with Crippen LogP contribution in [0.2, 0.25) is 0 Å². The first-order valence-corrected chi connectivity index (χ1v) is 9.02. The number of rotatable bonds is 2. The van der Waals surface area contributed by atoms with Gasteiger partial charge in [-0.2, -0.15) is 0 Å². The molecule has 1 N–H and O–H groups in total. The summed E-state index contributed by atoms with van der Waals surface area (Å²) in [7, 11) is 0. The molecule has 2 aliphatic heterocycles. The maximum atomic E-state index is 13.1. The summed E-state index contributed by atoms with van der Waals surface area (Å²) < 4.78 is 6.65. The Kier molecular flexibility index (Phi) is 3.36. The molecule has 5 rings (SSSR count). The van der Waals surface area contributed by atoms with Crippen molar-refractivity contribution in [2.24, 2.45) is 0 Å². The van der Waals surface area contributed by atoms with Crippen LogP contribution in [-0.4, -0.2) is 26.9 Å². The highest BCUT2D eigenvalue weighted by atomic mass is 16.6. The minimum atomic E-state index is -1.84. The van der Waals surface area contributed by atoms with Crippen LogP contribution in [0.3, 0.4) is 0 Å². The van der Waals surface area contributed by atoms with Gasteiger partial charge >= 0.3 is 5.97 Å². The number of nitrogens with zero attached hydrogens (tertiary/aromatic N) is 2. The van der Waals surface area contributed by atoms with Crippen molar-refractivity contribution >= 4 is 23.2 Å². The Morgan fingerprint density at radius 3 is 2.86 bits per heavy atom. The molecular weight excluding hydrogens is 360 g/mol. The number of hydrogen-bond donors (Lipinski definition) is 1. The highest BCUT2D eigenvalue weighted by Gasteiger charge is 2.45. The molecule has 3 aromatic rings. The first kappa shape index (κ1) is 16.8. The number of aliphatic hydroxyl groups is 1. The fourth-order valence-electron chi connectivity index (χ4n) is 4.07. The number of pyridine rings is 2. The van der Waals surface area contributed by atoms with Crippen molar-refractivity contribution in [3.63, 3.8) is 0 Å². The van der Waals surface area contributed by atoms with Crippen molar-refractivity contribution in [1.29, 1.82) is 0 Å². The van der Waals surface area contributed by atoms with Crippen LogP contribution in [0.4, 0.5) is 0 Å². The molecule has 0 bridgehead atoms. The van der Waals surface area contributed by atoms with Crippen LogP contribution in [0.25, 0.3) is 22.3 Å². The highest BCUT2D eigenvalue weighted by Crippen LogP contribution is 2.38. The minimum Gasteiger partial charge on any atom is -0.458 e. The van der Waals surface area contributed by atoms with Gasteiger partial charge in [0.15, 0.2) is 5.60 Å². The third-order valence-electron chi connectivity index (χ3n) is 5.67. The average Bonchev–Trinajstić information content (AvgIpc) is 3.07. The van der Waals surface area contributed by atoms with Crippen LogP contribution < -0.4 is 5.56 Å². The number of esters is 1. The number of aromatic nitrogens is 2. The van der Waals surface area contributed by atoms with Gasteiger partial charge in [-0.15, -0.1) is 0 Å². The van der Waals surface area contributed by atoms with E-state index >= 15 is 0 Å². The summed E-state index contributed by atoms with van der Waals surface area (Å²) in [5.74, 6) is -0.743. The zero-order chi connectivity index (χ0) is 19.6. The van der Waals surface area contributed by atoms with E-state index in [0.717, 1.165) is 17.2 Å². The van der Waals surface area contributed by atoms with Crippen molar-refractivity contribution < 1.29 is 19.4 Å². The first-order valence-electron chi connectivity index (χ1n) is 9.02. The second-order valence-corrected chi connectivity index (χ2v) is 7.17. The van der Waals surface area contributed by atoms with Crippen LogP contribution >= 0.6 is 0 Å². The minimum absolute atomic E-state index is 0.0996. The molecule has 0 spiro atoms. The quantitative estimate of drug-likeness (QED) is 0.424. The molecular formula is C21H16N2O5. The maximum Gasteiger partial charge on any atom is 0.343 e. The number of fused-ring (bicyclic) bond motifs is 5. The van der Waals surface area contributed by atoms with Crippen LogP contribution in [0, 0.1) is 0 Å². The van der Waals surface area contributed by atoms with Crippen molar-refractivity contribution in [2.75, 3.05) is 0 Å². The Balaban J connectivity index is 1.79. The lowest BCUT2D eigenvalue weighted by atomic mass is 9.86. The molecule has 7 nitrogen and oxygen atoms in total. The lowest BCUT2D eigenvalue weighted by molar-refractivity contribution is -0.172. The molecule has 140 valence electrons. The van der Waals surface area contributed by atoms with E-state index in [1.165, 1.54) is 0 Å². The van der Waals surface area contributed by atoms with Crippen molar-refractivity contribution in [2.45, 2.75) is 32.1 Å². The third kappa shape index (κ3) is 2.07. The van der Waals surface area contributed by atoms with E-state index in [9.17, 15) is 19.5 Å². The first-order chi connectivity index (χ1) is 13.5. The number of cyclic esters (lactones) is 1. The van der Waals surface area contributed by atoms with Crippen molar-refractivity contribution in [3.8, 4) is 11.4 Å². The Morgan fingerprint density at radius 2 is 2.11 bits per heavy atom. The molecule has 0 saturated heterocycles. The number of benzene rings is 1. The zero-order valence-corrected chi connectivity index (χ0v) is 15.1. The summed E-state index contributed by atoms with van der Waals surface area (Å²) in [6, 6.07) is 8.87. The molecule has 0 radical (unpaired) electrons. The van der Waals surface area contributed by atoms with Gasteiger partial charge in [0.05, 0.1) is 29.0 Å². The Bertz CT molecular complexity index is 1260. The highest BCUT2D eigenvalue weighted by molar-refractivity contribution is 5.89. The van der Waals surface area contributed by atoms with E-state index < -0.39 is 11.6 Å². The molecule has 0 saturated carbocycles. The number of ether oxygens (including phenoxy) is 1. The number of carbonyl (C=O) groups excluding carboxylic acids is 2. The molecule has 0 fully saturated rings. The predicted molar refractivity (Wildman–Crippen MR) is 99.9 cm³/mol. The van der Waals surface area contributed by atoms with Crippen molar-refractivity contribution in [3.05, 3.63) is 62.9 Å². The second-order valence-electron chi connectivity index (χ2n) is 7.17. The van der Waals surface area contributed by atoms with E-state index in [4.69, 9.17) is 4.74 Å². The Labute approximate surface area is 159 Å². The van der Waals surface area contributed by atoms with Gasteiger partial charge in [0.1, 0.15) is 12.9 Å². The van der Waals surface area contributed by atoms with Gasteiger partial charge in [0, 0.05) is 22.1 Å². The standard InChI is InChI=1S/C21H16N2O5/c1-2-21(27)15-7-17-18-13(6-12-4-3-11(9-24)5-16(12)22-18)8-23(17)19(25)14(15)10-28-20(21)26/h3-7,9,27H,2,8,10H2,1H3/t21-/m0/s1. The third-order valence-corrected chi connectivity index (χ3v) is 5.67. The van der Waals surface area contributed by atoms with E-state index in [1.807, 2.05) is 12.1 Å². The van der Waals surface area contributed by atoms with Gasteiger partial charge in [0.2, 0.25) is 0 Å². The van der Waals surface area contributed by atoms with Gasteiger partial charge in [0.25, 0.3) is 5.56 Å². The Hall–Kier alpha value is -3.32. The van der Waals surface area contributed by atoms with E-state index in [-0.39, 0.29) is 18.6 Å². The van der Waals surface area contributed by atoms with Crippen molar-refractivity contribution in [1.82, 2.24) is 9.55 Å². The molecule has 0 unspecified atom stereocenters. The van der Waals surface area contributed by atoms with E-state index in [2.05, 4.69) is 4.98 Å². The lowest BCUT2D eigenvalue weighted by Crippen LogP contribution is -2.44. The predicted octanol–water partition coefficient (Wildman–Crippen LogP) is 1.89. The van der Waals surface area contributed by atoms with Gasteiger partial charge in [-0.1, -0.05) is 19.1 Å². The molecule has 1 atom stereocenters. The molecule has 2 aliphatic rings. The number of aldehydes is 1. The number of hydrogen-bond acceptors (Lipinski definition) is 6. The fraction of sp³-hybridized carbons (Fsp3) is 0.238. The smallest absolute Gasteiger partial charge is 0.343 e. The SMILES string of the molecule is CC[C@@]1(O)C(=O)OCc2c1cc1n(c2=O)Cc2cc3ccc(C=O)cc3nc2-1. The molecule has 0 aliphatic carbocycles. The average molecular weight is 376 g/mol. The zero-order valence-electron chi connectivity index (χ0n) is 15.1. The van der Waals surface area contributed by atoms with Crippen LogP contribution in [0.5, 0.6) is 0 Å². The Morgan fingerprint density at radius 1 is 1.29 bits per heavy atom. The van der Waals surface area contributed by atoms with Crippen LogP contribution in [-0.2, 0) is 28.3 Å². The fourth-order valence-corrected chi connectivity index (χ4v) is 4.07. The van der Waals surface area contributed by atoms with Gasteiger partial charge in [-0.25, -0.2) is 9.78 Å². The van der Waals surface area contributed by atoms with E-state index in [0.29, 0.717) is 40.1 Å². The van der Waals surface area contributed by atoms with E-state index in [1.54, 1.807) is 29.7 Å². The molecule has 1 aromatic carbocycles. The molecule has 0 amide bonds. The second kappa shape index (κ2) is 5.59. The van der Waals surface area contributed by atoms with Crippen LogP contribution in [0.15, 0.2) is 35.1 Å². The topological polar surface area (TPSA) is 98.5 Å². The molecule has 4 heterocycles. The van der Waals surface area contributed by atoms with Crippen LogP contribution in [0.1, 0.15) is 40.4 Å². The largest absolute Gasteiger partial charge is 0.458 e. The summed E-state index contributed by atoms with van der Waals surface area (Å²) in [6.07, 6.45) is 0.860. The number of carbonyl (C=O) groups is 2. The summed E-state index contributed by atoms with van der Waals surface area (Å²) in [6.45, 7) is 1.87. The maximum absolute atomic E-state index is 13.1. The summed E-state index contributed by atoms with van der Waals surface area (Å²) >= 11 is 0.